The second kappa shape index (κ2) is 8.40. The highest BCUT2D eigenvalue weighted by Gasteiger charge is 2.44. The third kappa shape index (κ3) is 4.00. The van der Waals surface area contributed by atoms with E-state index in [9.17, 15) is 9.59 Å². The molecule has 3 aliphatic rings. The van der Waals surface area contributed by atoms with Crippen LogP contribution in [-0.2, 0) is 9.59 Å². The normalized spacial score (nSPS) is 23.5. The third-order valence-corrected chi connectivity index (χ3v) is 6.64. The van der Waals surface area contributed by atoms with Crippen LogP contribution in [0.5, 0.6) is 5.75 Å². The first-order valence-corrected chi connectivity index (χ1v) is 11.1. The van der Waals surface area contributed by atoms with Gasteiger partial charge in [0.1, 0.15) is 17.1 Å². The van der Waals surface area contributed by atoms with Crippen LogP contribution in [0.25, 0.3) is 22.6 Å². The Kier molecular flexibility index (Phi) is 5.41. The van der Waals surface area contributed by atoms with E-state index in [0.717, 1.165) is 18.4 Å². The molecule has 2 aromatic heterocycles. The molecule has 170 valence electrons. The molecule has 2 amide bonds. The second-order valence-corrected chi connectivity index (χ2v) is 8.84. The Hall–Kier alpha value is -3.59. The maximum atomic E-state index is 12.3. The molecular weight excluding hydrogens is 444 g/mol. The number of carbonyl (C=O) groups is 2. The Morgan fingerprint density at radius 2 is 2.00 bits per heavy atom. The van der Waals surface area contributed by atoms with Crippen molar-refractivity contribution in [3.63, 3.8) is 0 Å². The molecule has 1 fully saturated rings. The van der Waals surface area contributed by atoms with Crippen molar-refractivity contribution in [2.45, 2.75) is 18.9 Å². The monoisotopic (exact) mass is 466 g/mol. The number of rotatable bonds is 7. The number of primary amides is 2. The number of nitrogens with zero attached hydrogens (tertiary/aromatic N) is 2. The number of aromatic amines is 1. The molecule has 10 heteroatoms. The van der Waals surface area contributed by atoms with Gasteiger partial charge in [-0.1, -0.05) is 35.9 Å². The Morgan fingerprint density at radius 1 is 1.21 bits per heavy atom. The summed E-state index contributed by atoms with van der Waals surface area (Å²) < 4.78 is 5.39. The van der Waals surface area contributed by atoms with Gasteiger partial charge in [0.25, 0.3) is 5.91 Å². The first kappa shape index (κ1) is 21.3. The molecule has 4 atom stereocenters. The molecule has 6 rings (SSSR count). The van der Waals surface area contributed by atoms with Crippen molar-refractivity contribution in [3.05, 3.63) is 47.6 Å². The van der Waals surface area contributed by atoms with Gasteiger partial charge in [0, 0.05) is 11.6 Å². The van der Waals surface area contributed by atoms with Crippen molar-refractivity contribution in [2.75, 3.05) is 11.9 Å². The first-order valence-electron chi connectivity index (χ1n) is 10.7. The predicted octanol–water partition coefficient (Wildman–Crippen LogP) is 2.62. The highest BCUT2D eigenvalue weighted by molar-refractivity contribution is 6.34. The van der Waals surface area contributed by atoms with Crippen LogP contribution < -0.4 is 21.5 Å². The number of halogens is 1. The topological polar surface area (TPSA) is 149 Å². The minimum absolute atomic E-state index is 0.126. The maximum Gasteiger partial charge on any atom is 0.255 e. The summed E-state index contributed by atoms with van der Waals surface area (Å²) in [6.45, 7) is -0.214. The van der Waals surface area contributed by atoms with Crippen molar-refractivity contribution < 1.29 is 14.3 Å². The molecule has 0 saturated heterocycles. The summed E-state index contributed by atoms with van der Waals surface area (Å²) in [7, 11) is 0. The highest BCUT2D eigenvalue weighted by atomic mass is 35.5. The Morgan fingerprint density at radius 3 is 2.73 bits per heavy atom. The molecule has 3 aromatic rings. The number of H-pyrrole nitrogens is 1. The number of hydrogen-bond donors (Lipinski definition) is 4. The van der Waals surface area contributed by atoms with E-state index in [1.54, 1.807) is 24.4 Å². The van der Waals surface area contributed by atoms with E-state index >= 15 is 0 Å². The number of aromatic nitrogens is 3. The summed E-state index contributed by atoms with van der Waals surface area (Å²) in [6.07, 6.45) is 7.75. The van der Waals surface area contributed by atoms with Crippen LogP contribution in [0.15, 0.2) is 42.6 Å². The zero-order valence-corrected chi connectivity index (χ0v) is 18.4. The minimum atomic E-state index is -0.556. The SMILES string of the molecule is NC(=O)COc1cccc(-c2nc3ncc(Cl)c(N[C@H]4[C@@H](C(N)=O)[C@@H]5C=C[C@H]4CC5)c3[nH]2)c1. The smallest absolute Gasteiger partial charge is 0.255 e. The molecule has 9 nitrogen and oxygen atoms in total. The largest absolute Gasteiger partial charge is 0.484 e. The van der Waals surface area contributed by atoms with Gasteiger partial charge in [-0.15, -0.1) is 0 Å². The zero-order valence-electron chi connectivity index (χ0n) is 17.6. The van der Waals surface area contributed by atoms with E-state index in [1.165, 1.54) is 0 Å². The summed E-state index contributed by atoms with van der Waals surface area (Å²) in [5.74, 6) is 0.184. The molecule has 33 heavy (non-hydrogen) atoms. The number of benzene rings is 1. The summed E-state index contributed by atoms with van der Waals surface area (Å²) in [5.41, 5.74) is 13.4. The molecule has 2 heterocycles. The van der Waals surface area contributed by atoms with Gasteiger partial charge in [-0.3, -0.25) is 9.59 Å². The molecule has 3 aliphatic carbocycles. The number of fused-ring (bicyclic) bond motifs is 3. The van der Waals surface area contributed by atoms with E-state index in [0.29, 0.717) is 33.4 Å². The lowest BCUT2D eigenvalue weighted by Gasteiger charge is -2.44. The van der Waals surface area contributed by atoms with Gasteiger partial charge >= 0.3 is 0 Å². The van der Waals surface area contributed by atoms with Crippen molar-refractivity contribution in [3.8, 4) is 17.1 Å². The fourth-order valence-electron chi connectivity index (χ4n) is 4.84. The number of amides is 2. The number of imidazole rings is 1. The molecule has 1 aromatic carbocycles. The van der Waals surface area contributed by atoms with Crippen LogP contribution >= 0.6 is 11.6 Å². The second-order valence-electron chi connectivity index (χ2n) is 8.44. The van der Waals surface area contributed by atoms with Gasteiger partial charge in [0.2, 0.25) is 5.91 Å². The van der Waals surface area contributed by atoms with Crippen LogP contribution in [0.4, 0.5) is 5.69 Å². The van der Waals surface area contributed by atoms with E-state index in [-0.39, 0.29) is 36.3 Å². The zero-order chi connectivity index (χ0) is 23.1. The van der Waals surface area contributed by atoms with Gasteiger partial charge in [-0.2, -0.15) is 0 Å². The first-order chi connectivity index (χ1) is 15.9. The van der Waals surface area contributed by atoms with Gasteiger partial charge in [0.15, 0.2) is 12.3 Å². The van der Waals surface area contributed by atoms with Crippen molar-refractivity contribution in [2.24, 2.45) is 29.2 Å². The summed E-state index contributed by atoms with van der Waals surface area (Å²) in [6, 6.07) is 6.97. The summed E-state index contributed by atoms with van der Waals surface area (Å²) in [5, 5.41) is 3.91. The molecule has 2 bridgehead atoms. The lowest BCUT2D eigenvalue weighted by molar-refractivity contribution is -0.125. The Balaban J connectivity index is 1.50. The van der Waals surface area contributed by atoms with Crippen LogP contribution in [0.3, 0.4) is 0 Å². The fraction of sp³-hybridized carbons (Fsp3) is 0.304. The van der Waals surface area contributed by atoms with Gasteiger partial charge < -0.3 is 26.5 Å². The average Bonchev–Trinajstić information content (AvgIpc) is 3.25. The highest BCUT2D eigenvalue weighted by Crippen LogP contribution is 2.43. The third-order valence-electron chi connectivity index (χ3n) is 6.35. The molecule has 1 saturated carbocycles. The number of nitrogens with one attached hydrogen (secondary N) is 2. The molecule has 0 radical (unpaired) electrons. The fourth-order valence-corrected chi connectivity index (χ4v) is 5.04. The molecule has 6 N–H and O–H groups in total. The Labute approximate surface area is 194 Å². The summed E-state index contributed by atoms with van der Waals surface area (Å²) >= 11 is 6.53. The predicted molar refractivity (Wildman–Crippen MR) is 124 cm³/mol. The number of pyridine rings is 1. The Bertz CT molecular complexity index is 1270. The number of ether oxygens (including phenoxy) is 1. The van der Waals surface area contributed by atoms with Gasteiger partial charge in [-0.05, 0) is 36.8 Å². The average molecular weight is 467 g/mol. The minimum Gasteiger partial charge on any atom is -0.484 e. The van der Waals surface area contributed by atoms with E-state index in [2.05, 4.69) is 32.4 Å². The van der Waals surface area contributed by atoms with Gasteiger partial charge in [-0.25, -0.2) is 9.97 Å². The lowest BCUT2D eigenvalue weighted by atomic mass is 9.65. The number of anilines is 1. The molecule has 0 spiro atoms. The van der Waals surface area contributed by atoms with Gasteiger partial charge in [0.05, 0.1) is 22.8 Å². The van der Waals surface area contributed by atoms with E-state index < -0.39 is 5.91 Å². The molecular formula is C23H23ClN6O3. The van der Waals surface area contributed by atoms with Crippen molar-refractivity contribution in [1.82, 2.24) is 15.0 Å². The number of carbonyl (C=O) groups excluding carboxylic acids is 2. The van der Waals surface area contributed by atoms with Crippen LogP contribution in [-0.4, -0.2) is 39.4 Å². The number of nitrogens with two attached hydrogens (primary N) is 2. The van der Waals surface area contributed by atoms with Crippen molar-refractivity contribution in [1.29, 1.82) is 0 Å². The summed E-state index contributed by atoms with van der Waals surface area (Å²) in [4.78, 5) is 35.5. The number of allylic oxidation sites excluding steroid dienone is 1. The molecule has 0 aliphatic heterocycles. The van der Waals surface area contributed by atoms with Crippen LogP contribution in [0.1, 0.15) is 12.8 Å². The van der Waals surface area contributed by atoms with Crippen LogP contribution in [0.2, 0.25) is 5.02 Å². The van der Waals surface area contributed by atoms with Crippen molar-refractivity contribution >= 4 is 40.3 Å². The number of hydrogen-bond acceptors (Lipinski definition) is 6. The van der Waals surface area contributed by atoms with E-state index in [4.69, 9.17) is 27.8 Å². The maximum absolute atomic E-state index is 12.3. The van der Waals surface area contributed by atoms with E-state index in [1.807, 2.05) is 6.07 Å². The quantitative estimate of drug-likeness (QED) is 0.393. The van der Waals surface area contributed by atoms with Crippen LogP contribution in [0, 0.1) is 17.8 Å². The standard InChI is InChI=1S/C23H23ClN6O3/c24-15-9-27-23-20(19(15)28-18-12-6-4-11(5-7-12)17(18)21(26)32)29-22(30-23)13-2-1-3-14(8-13)33-10-16(25)31/h1-4,6,8-9,11-12,17-18H,5,7,10H2,(H2,25,31)(H2,26,32)(H2,27,28,29,30)/t11-,12+,17+,18-/m1/s1. The lowest BCUT2D eigenvalue weighted by Crippen LogP contribution is -2.51. The molecule has 0 unspecified atom stereocenters.